The van der Waals surface area contributed by atoms with Crippen LogP contribution in [-0.4, -0.2) is 43.2 Å². The summed E-state index contributed by atoms with van der Waals surface area (Å²) in [6.07, 6.45) is 3.36. The van der Waals surface area contributed by atoms with Crippen LogP contribution in [0.25, 0.3) is 16.7 Å². The second-order valence-electron chi connectivity index (χ2n) is 7.36. The third-order valence-electron chi connectivity index (χ3n) is 5.50. The van der Waals surface area contributed by atoms with E-state index in [-0.39, 0.29) is 17.5 Å². The molecule has 0 saturated carbocycles. The summed E-state index contributed by atoms with van der Waals surface area (Å²) < 4.78 is 16.0. The summed E-state index contributed by atoms with van der Waals surface area (Å²) in [6.45, 7) is 3.14. The van der Waals surface area contributed by atoms with Crippen molar-refractivity contribution in [2.24, 2.45) is 0 Å². The number of pyridine rings is 1. The fraction of sp³-hybridized carbons (Fsp3) is 0.286. The van der Waals surface area contributed by atoms with Crippen LogP contribution in [0.2, 0.25) is 0 Å². The van der Waals surface area contributed by atoms with E-state index in [4.69, 9.17) is 4.98 Å². The molecule has 5 rings (SSSR count). The van der Waals surface area contributed by atoms with Crippen molar-refractivity contribution in [3.8, 4) is 0 Å². The zero-order chi connectivity index (χ0) is 19.3. The average molecular weight is 377 g/mol. The first-order valence-corrected chi connectivity index (χ1v) is 9.49. The van der Waals surface area contributed by atoms with Crippen molar-refractivity contribution in [1.29, 1.82) is 0 Å². The molecule has 1 amide bonds. The number of amides is 1. The van der Waals surface area contributed by atoms with Gasteiger partial charge in [0.15, 0.2) is 5.69 Å². The molecule has 1 N–H and O–H groups in total. The Labute approximate surface area is 161 Å². The van der Waals surface area contributed by atoms with Crippen molar-refractivity contribution in [1.82, 2.24) is 24.3 Å². The lowest BCUT2D eigenvalue weighted by atomic mass is 9.97. The van der Waals surface area contributed by atoms with Crippen molar-refractivity contribution >= 4 is 22.6 Å². The largest absolute Gasteiger partial charge is 0.342 e. The number of aryl methyl sites for hydroxylation is 1. The number of rotatable bonds is 2. The minimum absolute atomic E-state index is 0.101. The molecule has 1 aliphatic heterocycles. The Morgan fingerprint density at radius 3 is 2.93 bits per heavy atom. The van der Waals surface area contributed by atoms with Crippen LogP contribution in [0.3, 0.4) is 0 Å². The van der Waals surface area contributed by atoms with Crippen LogP contribution in [0.5, 0.6) is 0 Å². The van der Waals surface area contributed by atoms with E-state index in [1.807, 2.05) is 25.1 Å². The molecule has 0 aliphatic carbocycles. The predicted molar refractivity (Wildman–Crippen MR) is 104 cm³/mol. The lowest BCUT2D eigenvalue weighted by Crippen LogP contribution is -2.39. The first-order valence-electron chi connectivity index (χ1n) is 9.49. The quantitative estimate of drug-likeness (QED) is 0.580. The van der Waals surface area contributed by atoms with Gasteiger partial charge in [-0.05, 0) is 43.5 Å². The number of halogens is 1. The minimum atomic E-state index is -0.609. The van der Waals surface area contributed by atoms with Gasteiger partial charge in [-0.25, -0.2) is 9.97 Å². The highest BCUT2D eigenvalue weighted by Gasteiger charge is 2.30. The highest BCUT2D eigenvalue weighted by Crippen LogP contribution is 2.28. The standard InChI is InChI=1S/C21H20FN5O/c1-13-6-4-8-15-17(13)25-20(23-15)14-7-5-10-26(12-14)21(28)18-19(22)27-11-3-2-9-16(27)24-18/h2-4,6,8-9,11,14H,5,7,10,12H2,1H3,(H,23,25)/t14-/m0/s1. The van der Waals surface area contributed by atoms with E-state index in [1.165, 1.54) is 4.40 Å². The highest BCUT2D eigenvalue weighted by molar-refractivity contribution is 5.93. The van der Waals surface area contributed by atoms with Gasteiger partial charge in [-0.3, -0.25) is 9.20 Å². The Morgan fingerprint density at radius 2 is 2.11 bits per heavy atom. The van der Waals surface area contributed by atoms with E-state index in [1.54, 1.807) is 29.3 Å². The molecule has 0 bridgehead atoms. The number of benzene rings is 1. The highest BCUT2D eigenvalue weighted by atomic mass is 19.1. The predicted octanol–water partition coefficient (Wildman–Crippen LogP) is 3.68. The molecule has 3 aromatic heterocycles. The fourth-order valence-electron chi connectivity index (χ4n) is 4.02. The van der Waals surface area contributed by atoms with Crippen LogP contribution in [0, 0.1) is 12.9 Å². The van der Waals surface area contributed by atoms with Gasteiger partial charge >= 0.3 is 0 Å². The molecule has 1 saturated heterocycles. The molecule has 0 unspecified atom stereocenters. The maximum Gasteiger partial charge on any atom is 0.277 e. The van der Waals surface area contributed by atoms with E-state index in [2.05, 4.69) is 9.97 Å². The Kier molecular flexibility index (Phi) is 3.89. The topological polar surface area (TPSA) is 66.3 Å². The van der Waals surface area contributed by atoms with Crippen molar-refractivity contribution in [2.75, 3.05) is 13.1 Å². The maximum atomic E-state index is 14.7. The molecule has 6 nitrogen and oxygen atoms in total. The van der Waals surface area contributed by atoms with Crippen molar-refractivity contribution < 1.29 is 9.18 Å². The Bertz CT molecular complexity index is 1190. The molecule has 4 aromatic rings. The van der Waals surface area contributed by atoms with E-state index >= 15 is 0 Å². The number of piperidine rings is 1. The molecule has 0 radical (unpaired) electrons. The average Bonchev–Trinajstić information content (AvgIpc) is 3.31. The van der Waals surface area contributed by atoms with Crippen molar-refractivity contribution in [3.05, 3.63) is 65.6 Å². The van der Waals surface area contributed by atoms with Gasteiger partial charge in [-0.1, -0.05) is 18.2 Å². The molecular formula is C21H20FN5O. The van der Waals surface area contributed by atoms with Gasteiger partial charge in [0.25, 0.3) is 5.91 Å². The summed E-state index contributed by atoms with van der Waals surface area (Å²) >= 11 is 0. The Morgan fingerprint density at radius 1 is 1.21 bits per heavy atom. The maximum absolute atomic E-state index is 14.7. The number of hydrogen-bond donors (Lipinski definition) is 1. The monoisotopic (exact) mass is 377 g/mol. The smallest absolute Gasteiger partial charge is 0.277 e. The lowest BCUT2D eigenvalue weighted by molar-refractivity contribution is 0.0694. The summed E-state index contributed by atoms with van der Waals surface area (Å²) in [5.41, 5.74) is 3.41. The summed E-state index contributed by atoms with van der Waals surface area (Å²) in [5, 5.41) is 0. The lowest BCUT2D eigenvalue weighted by Gasteiger charge is -2.31. The number of aromatic amines is 1. The molecule has 0 spiro atoms. The number of imidazole rings is 2. The number of para-hydroxylation sites is 1. The Hall–Kier alpha value is -3.22. The van der Waals surface area contributed by atoms with Gasteiger partial charge < -0.3 is 9.88 Å². The molecular weight excluding hydrogens is 357 g/mol. The van der Waals surface area contributed by atoms with Crippen LogP contribution < -0.4 is 0 Å². The molecule has 1 fully saturated rings. The zero-order valence-electron chi connectivity index (χ0n) is 15.5. The number of nitrogens with zero attached hydrogens (tertiary/aromatic N) is 4. The van der Waals surface area contributed by atoms with Crippen LogP contribution >= 0.6 is 0 Å². The molecule has 4 heterocycles. The van der Waals surface area contributed by atoms with Crippen LogP contribution in [-0.2, 0) is 0 Å². The SMILES string of the molecule is Cc1cccc2[nH]c([C@H]3CCCN(C(=O)c4nc5ccccn5c4F)C3)nc12. The molecule has 1 aliphatic rings. The molecule has 1 aromatic carbocycles. The molecule has 1 atom stereocenters. The van der Waals surface area contributed by atoms with Crippen molar-refractivity contribution in [2.45, 2.75) is 25.7 Å². The first kappa shape index (κ1) is 16.9. The summed E-state index contributed by atoms with van der Waals surface area (Å²) in [5.74, 6) is 0.0159. The number of H-pyrrole nitrogens is 1. The molecule has 28 heavy (non-hydrogen) atoms. The van der Waals surface area contributed by atoms with Gasteiger partial charge in [0.1, 0.15) is 11.5 Å². The third kappa shape index (κ3) is 2.66. The minimum Gasteiger partial charge on any atom is -0.342 e. The molecule has 7 heteroatoms. The van der Waals surface area contributed by atoms with Gasteiger partial charge in [0.2, 0.25) is 5.95 Å². The first-order chi connectivity index (χ1) is 13.6. The van der Waals surface area contributed by atoms with Crippen LogP contribution in [0.15, 0.2) is 42.6 Å². The van der Waals surface area contributed by atoms with Crippen LogP contribution in [0.1, 0.15) is 40.6 Å². The van der Waals surface area contributed by atoms with E-state index in [0.717, 1.165) is 35.3 Å². The van der Waals surface area contributed by atoms with Gasteiger partial charge in [-0.2, -0.15) is 4.39 Å². The number of carbonyl (C=O) groups is 1. The van der Waals surface area contributed by atoms with E-state index < -0.39 is 5.95 Å². The number of nitrogens with one attached hydrogen (secondary N) is 1. The van der Waals surface area contributed by atoms with E-state index in [9.17, 15) is 9.18 Å². The summed E-state index contributed by atoms with van der Waals surface area (Å²) in [4.78, 5) is 27.0. The Balaban J connectivity index is 1.43. The second kappa shape index (κ2) is 6.44. The van der Waals surface area contributed by atoms with Crippen molar-refractivity contribution in [3.63, 3.8) is 0 Å². The summed E-state index contributed by atoms with van der Waals surface area (Å²) in [6, 6.07) is 11.2. The van der Waals surface area contributed by atoms with Gasteiger partial charge in [0.05, 0.1) is 11.0 Å². The van der Waals surface area contributed by atoms with Gasteiger partial charge in [0, 0.05) is 25.2 Å². The number of fused-ring (bicyclic) bond motifs is 2. The fourth-order valence-corrected chi connectivity index (χ4v) is 4.02. The normalized spacial score (nSPS) is 17.5. The van der Waals surface area contributed by atoms with E-state index in [0.29, 0.717) is 18.7 Å². The van der Waals surface area contributed by atoms with Gasteiger partial charge in [-0.15, -0.1) is 0 Å². The number of hydrogen-bond acceptors (Lipinski definition) is 3. The van der Waals surface area contributed by atoms with Crippen LogP contribution in [0.4, 0.5) is 4.39 Å². The zero-order valence-corrected chi connectivity index (χ0v) is 15.5. The number of carbonyl (C=O) groups excluding carboxylic acids is 1. The third-order valence-corrected chi connectivity index (χ3v) is 5.50. The molecule has 142 valence electrons. The number of likely N-dealkylation sites (tertiary alicyclic amines) is 1. The second-order valence-corrected chi connectivity index (χ2v) is 7.36. The summed E-state index contributed by atoms with van der Waals surface area (Å²) in [7, 11) is 0. The number of aromatic nitrogens is 4.